The van der Waals surface area contributed by atoms with E-state index in [1.165, 1.54) is 28.7 Å². The maximum absolute atomic E-state index is 13.3. The molecule has 0 saturated carbocycles. The summed E-state index contributed by atoms with van der Waals surface area (Å²) in [6.07, 6.45) is 0. The number of aromatic nitrogens is 1. The summed E-state index contributed by atoms with van der Waals surface area (Å²) in [5.74, 6) is -1.18. The fraction of sp³-hybridized carbons (Fsp3) is 0.0667. The van der Waals surface area contributed by atoms with Crippen molar-refractivity contribution < 1.29 is 14.3 Å². The minimum Gasteiger partial charge on any atom is -0.478 e. The van der Waals surface area contributed by atoms with E-state index in [1.807, 2.05) is 5.38 Å². The Morgan fingerprint density at radius 1 is 1.24 bits per heavy atom. The van der Waals surface area contributed by atoms with Crippen molar-refractivity contribution in [2.45, 2.75) is 6.92 Å². The molecule has 2 aromatic heterocycles. The lowest BCUT2D eigenvalue weighted by molar-refractivity contribution is 0.0697. The van der Waals surface area contributed by atoms with Crippen molar-refractivity contribution in [3.05, 3.63) is 52.0 Å². The van der Waals surface area contributed by atoms with E-state index >= 15 is 0 Å². The Labute approximate surface area is 128 Å². The molecule has 21 heavy (non-hydrogen) atoms. The summed E-state index contributed by atoms with van der Waals surface area (Å²) in [5.41, 5.74) is 2.45. The molecular formula is C15H10FNO2S2. The molecule has 3 aromatic rings. The van der Waals surface area contributed by atoms with Crippen LogP contribution >= 0.6 is 22.7 Å². The number of rotatable bonds is 3. The van der Waals surface area contributed by atoms with E-state index in [0.717, 1.165) is 21.1 Å². The molecule has 0 atom stereocenters. The Morgan fingerprint density at radius 2 is 2.05 bits per heavy atom. The Balaban J connectivity index is 1.95. The highest BCUT2D eigenvalue weighted by atomic mass is 32.1. The number of benzene rings is 1. The maximum atomic E-state index is 13.3. The van der Waals surface area contributed by atoms with Crippen LogP contribution in [0.2, 0.25) is 0 Å². The van der Waals surface area contributed by atoms with E-state index in [0.29, 0.717) is 5.56 Å². The molecular weight excluding hydrogens is 309 g/mol. The van der Waals surface area contributed by atoms with Gasteiger partial charge in [-0.15, -0.1) is 22.7 Å². The van der Waals surface area contributed by atoms with Crippen molar-refractivity contribution in [2.75, 3.05) is 0 Å². The molecule has 6 heteroatoms. The molecule has 1 N–H and O–H groups in total. The number of thiophene rings is 1. The lowest BCUT2D eigenvalue weighted by Gasteiger charge is -1.99. The second kappa shape index (κ2) is 5.38. The standard InChI is InChI=1S/C15H10FNO2S2/c1-8-4-9(2-3-11(8)16)14-17-12(7-21-14)13-5-10(6-20-13)15(18)19/h2-7H,1H3,(H,18,19). The fourth-order valence-electron chi connectivity index (χ4n) is 1.88. The third-order valence-corrected chi connectivity index (χ3v) is 4.85. The third kappa shape index (κ3) is 2.72. The average Bonchev–Trinajstić information content (AvgIpc) is 3.09. The molecule has 0 amide bonds. The minimum atomic E-state index is -0.942. The normalized spacial score (nSPS) is 10.8. The molecule has 0 saturated heterocycles. The number of nitrogens with zero attached hydrogens (tertiary/aromatic N) is 1. The molecule has 2 heterocycles. The zero-order chi connectivity index (χ0) is 15.0. The Bertz CT molecular complexity index is 823. The fourth-order valence-corrected chi connectivity index (χ4v) is 3.61. The minimum absolute atomic E-state index is 0.236. The van der Waals surface area contributed by atoms with Crippen LogP contribution < -0.4 is 0 Å². The second-order valence-electron chi connectivity index (χ2n) is 4.51. The van der Waals surface area contributed by atoms with Crippen LogP contribution in [0, 0.1) is 12.7 Å². The van der Waals surface area contributed by atoms with Crippen molar-refractivity contribution in [1.29, 1.82) is 0 Å². The van der Waals surface area contributed by atoms with Gasteiger partial charge in [-0.1, -0.05) is 0 Å². The first-order chi connectivity index (χ1) is 10.0. The van der Waals surface area contributed by atoms with Crippen LogP contribution in [0.5, 0.6) is 0 Å². The predicted molar refractivity (Wildman–Crippen MR) is 82.5 cm³/mol. The van der Waals surface area contributed by atoms with Crippen molar-refractivity contribution in [2.24, 2.45) is 0 Å². The maximum Gasteiger partial charge on any atom is 0.336 e. The average molecular weight is 319 g/mol. The van der Waals surface area contributed by atoms with Crippen LogP contribution in [-0.4, -0.2) is 16.1 Å². The van der Waals surface area contributed by atoms with E-state index in [2.05, 4.69) is 4.98 Å². The van der Waals surface area contributed by atoms with Gasteiger partial charge in [0, 0.05) is 16.3 Å². The highest BCUT2D eigenvalue weighted by Gasteiger charge is 2.12. The first kappa shape index (κ1) is 13.9. The molecule has 1 aromatic carbocycles. The first-order valence-corrected chi connectivity index (χ1v) is 7.85. The van der Waals surface area contributed by atoms with Gasteiger partial charge in [-0.3, -0.25) is 0 Å². The number of aryl methyl sites for hydroxylation is 1. The second-order valence-corrected chi connectivity index (χ2v) is 6.28. The Kier molecular flexibility index (Phi) is 3.57. The zero-order valence-electron chi connectivity index (χ0n) is 11.0. The number of halogens is 1. The molecule has 0 bridgehead atoms. The SMILES string of the molecule is Cc1cc(-c2nc(-c3cc(C(=O)O)cs3)cs2)ccc1F. The summed E-state index contributed by atoms with van der Waals surface area (Å²) >= 11 is 2.80. The first-order valence-electron chi connectivity index (χ1n) is 6.09. The summed E-state index contributed by atoms with van der Waals surface area (Å²) in [5, 5.41) is 13.2. The molecule has 0 aliphatic heterocycles. The Morgan fingerprint density at radius 3 is 2.71 bits per heavy atom. The topological polar surface area (TPSA) is 50.2 Å². The van der Waals surface area contributed by atoms with Crippen LogP contribution in [0.3, 0.4) is 0 Å². The number of carboxylic acid groups (broad SMARTS) is 1. The Hall–Kier alpha value is -2.05. The summed E-state index contributed by atoms with van der Waals surface area (Å²) in [6, 6.07) is 6.50. The monoisotopic (exact) mass is 319 g/mol. The molecule has 0 radical (unpaired) electrons. The summed E-state index contributed by atoms with van der Waals surface area (Å²) in [4.78, 5) is 16.2. The van der Waals surface area contributed by atoms with Crippen LogP contribution in [-0.2, 0) is 0 Å². The zero-order valence-corrected chi connectivity index (χ0v) is 12.6. The lowest BCUT2D eigenvalue weighted by atomic mass is 10.1. The molecule has 0 aliphatic carbocycles. The summed E-state index contributed by atoms with van der Waals surface area (Å²) < 4.78 is 13.3. The van der Waals surface area contributed by atoms with E-state index in [9.17, 15) is 9.18 Å². The molecule has 0 fully saturated rings. The van der Waals surface area contributed by atoms with E-state index < -0.39 is 5.97 Å². The molecule has 0 aliphatic rings. The number of carbonyl (C=O) groups is 1. The van der Waals surface area contributed by atoms with Gasteiger partial charge in [0.05, 0.1) is 16.1 Å². The molecule has 3 nitrogen and oxygen atoms in total. The van der Waals surface area contributed by atoms with Gasteiger partial charge in [0.2, 0.25) is 0 Å². The highest BCUT2D eigenvalue weighted by Crippen LogP contribution is 2.32. The third-order valence-electron chi connectivity index (χ3n) is 3.01. The lowest BCUT2D eigenvalue weighted by Crippen LogP contribution is -1.91. The van der Waals surface area contributed by atoms with Crippen LogP contribution in [0.4, 0.5) is 4.39 Å². The van der Waals surface area contributed by atoms with Crippen molar-refractivity contribution in [3.63, 3.8) is 0 Å². The van der Waals surface area contributed by atoms with Gasteiger partial charge >= 0.3 is 5.97 Å². The van der Waals surface area contributed by atoms with Crippen LogP contribution in [0.25, 0.3) is 21.1 Å². The van der Waals surface area contributed by atoms with Gasteiger partial charge < -0.3 is 5.11 Å². The molecule has 3 rings (SSSR count). The van der Waals surface area contributed by atoms with Crippen LogP contribution in [0.1, 0.15) is 15.9 Å². The summed E-state index contributed by atoms with van der Waals surface area (Å²) in [7, 11) is 0. The van der Waals surface area contributed by atoms with Gasteiger partial charge in [-0.05, 0) is 36.8 Å². The molecule has 106 valence electrons. The van der Waals surface area contributed by atoms with Gasteiger partial charge in [0.25, 0.3) is 0 Å². The number of hydrogen-bond donors (Lipinski definition) is 1. The van der Waals surface area contributed by atoms with Crippen molar-refractivity contribution >= 4 is 28.6 Å². The number of aromatic carboxylic acids is 1. The quantitative estimate of drug-likeness (QED) is 0.762. The van der Waals surface area contributed by atoms with E-state index in [4.69, 9.17) is 5.11 Å². The predicted octanol–water partition coefficient (Wildman–Crippen LogP) is 4.68. The summed E-state index contributed by atoms with van der Waals surface area (Å²) in [6.45, 7) is 1.71. The number of hydrogen-bond acceptors (Lipinski definition) is 4. The van der Waals surface area contributed by atoms with E-state index in [-0.39, 0.29) is 11.4 Å². The van der Waals surface area contributed by atoms with Gasteiger partial charge in [-0.25, -0.2) is 14.2 Å². The number of thiazole rings is 1. The van der Waals surface area contributed by atoms with Crippen LogP contribution in [0.15, 0.2) is 35.0 Å². The van der Waals surface area contributed by atoms with Gasteiger partial charge in [-0.2, -0.15) is 0 Å². The number of carboxylic acids is 1. The molecule has 0 unspecified atom stereocenters. The largest absolute Gasteiger partial charge is 0.478 e. The van der Waals surface area contributed by atoms with Crippen molar-refractivity contribution in [1.82, 2.24) is 4.98 Å². The van der Waals surface area contributed by atoms with Gasteiger partial charge in [0.1, 0.15) is 10.8 Å². The molecule has 0 spiro atoms. The smallest absolute Gasteiger partial charge is 0.336 e. The van der Waals surface area contributed by atoms with E-state index in [1.54, 1.807) is 30.5 Å². The highest BCUT2D eigenvalue weighted by molar-refractivity contribution is 7.15. The van der Waals surface area contributed by atoms with Gasteiger partial charge in [0.15, 0.2) is 0 Å². The van der Waals surface area contributed by atoms with Crippen molar-refractivity contribution in [3.8, 4) is 21.1 Å².